The number of carbonyl (C=O) groups is 1. The number of aliphatic hydroxyl groups excluding tert-OH is 1. The van der Waals surface area contributed by atoms with Gasteiger partial charge < -0.3 is 10.4 Å². The summed E-state index contributed by atoms with van der Waals surface area (Å²) in [4.78, 5) is 11.8. The van der Waals surface area contributed by atoms with Crippen LogP contribution < -0.4 is 5.32 Å². The quantitative estimate of drug-likeness (QED) is 0.815. The first-order chi connectivity index (χ1) is 10.6. The number of rotatable bonds is 7. The molecule has 1 amide bonds. The molecule has 0 bridgehead atoms. The second kappa shape index (κ2) is 8.83. The van der Waals surface area contributed by atoms with Crippen molar-refractivity contribution in [3.8, 4) is 0 Å². The van der Waals surface area contributed by atoms with Gasteiger partial charge in [-0.2, -0.15) is 0 Å². The van der Waals surface area contributed by atoms with E-state index in [-0.39, 0.29) is 5.91 Å². The second-order valence-corrected chi connectivity index (χ2v) is 6.31. The fourth-order valence-corrected chi connectivity index (χ4v) is 2.84. The number of aliphatic hydroxyl groups is 1. The van der Waals surface area contributed by atoms with Crippen LogP contribution in [-0.2, 0) is 11.3 Å². The lowest BCUT2D eigenvalue weighted by molar-refractivity contribution is -0.118. The smallest absolute Gasteiger partial charge is 0.230 e. The normalized spacial score (nSPS) is 11.9. The molecule has 5 heteroatoms. The van der Waals surface area contributed by atoms with Gasteiger partial charge in [-0.15, -0.1) is 11.8 Å². The van der Waals surface area contributed by atoms with Crippen LogP contribution in [0.5, 0.6) is 0 Å². The second-order valence-electron chi connectivity index (χ2n) is 4.84. The third-order valence-electron chi connectivity index (χ3n) is 3.10. The summed E-state index contributed by atoms with van der Waals surface area (Å²) in [7, 11) is 0. The average molecular weight is 336 g/mol. The topological polar surface area (TPSA) is 49.3 Å². The van der Waals surface area contributed by atoms with Crippen molar-refractivity contribution < 1.29 is 9.90 Å². The van der Waals surface area contributed by atoms with Gasteiger partial charge in [-0.1, -0.05) is 54.1 Å². The standard InChI is InChI=1S/C17H18ClNO2S/c18-15-8-6-13(7-9-15)10-19-17(21)12-22-11-16(20)14-4-2-1-3-5-14/h1-9,16,20H,10-12H2,(H,19,21). The van der Waals surface area contributed by atoms with Crippen LogP contribution >= 0.6 is 23.4 Å². The van der Waals surface area contributed by atoms with E-state index in [2.05, 4.69) is 5.32 Å². The Morgan fingerprint density at radius 2 is 1.82 bits per heavy atom. The van der Waals surface area contributed by atoms with Gasteiger partial charge in [0.25, 0.3) is 0 Å². The van der Waals surface area contributed by atoms with Crippen LogP contribution in [-0.4, -0.2) is 22.5 Å². The zero-order valence-electron chi connectivity index (χ0n) is 12.0. The molecule has 0 radical (unpaired) electrons. The summed E-state index contributed by atoms with van der Waals surface area (Å²) in [6.07, 6.45) is -0.546. The molecule has 116 valence electrons. The number of thioether (sulfide) groups is 1. The first kappa shape index (κ1) is 16.9. The van der Waals surface area contributed by atoms with Crippen molar-refractivity contribution >= 4 is 29.3 Å². The molecule has 3 nitrogen and oxygen atoms in total. The molecule has 0 fully saturated rings. The highest BCUT2D eigenvalue weighted by Gasteiger charge is 2.08. The number of hydrogen-bond donors (Lipinski definition) is 2. The van der Waals surface area contributed by atoms with E-state index in [1.165, 1.54) is 11.8 Å². The Morgan fingerprint density at radius 1 is 1.14 bits per heavy atom. The van der Waals surface area contributed by atoms with Crippen LogP contribution in [0.1, 0.15) is 17.2 Å². The lowest BCUT2D eigenvalue weighted by atomic mass is 10.1. The summed E-state index contributed by atoms with van der Waals surface area (Å²) >= 11 is 7.23. The van der Waals surface area contributed by atoms with Crippen LogP contribution in [0.4, 0.5) is 0 Å². The van der Waals surface area contributed by atoms with Crippen molar-refractivity contribution in [1.29, 1.82) is 0 Å². The Balaban J connectivity index is 1.66. The van der Waals surface area contributed by atoms with Gasteiger partial charge in [0.15, 0.2) is 0 Å². The van der Waals surface area contributed by atoms with Gasteiger partial charge in [0, 0.05) is 17.3 Å². The average Bonchev–Trinajstić information content (AvgIpc) is 2.55. The molecule has 2 aromatic rings. The highest BCUT2D eigenvalue weighted by Crippen LogP contribution is 2.17. The summed E-state index contributed by atoms with van der Waals surface area (Å²) in [6.45, 7) is 0.484. The molecule has 0 saturated carbocycles. The minimum atomic E-state index is -0.546. The van der Waals surface area contributed by atoms with Crippen molar-refractivity contribution in [2.45, 2.75) is 12.6 Å². The molecule has 0 aliphatic rings. The van der Waals surface area contributed by atoms with Crippen LogP contribution in [0.15, 0.2) is 54.6 Å². The maximum absolute atomic E-state index is 11.8. The van der Waals surface area contributed by atoms with Gasteiger partial charge in [0.2, 0.25) is 5.91 Å². The molecule has 0 aromatic heterocycles. The maximum atomic E-state index is 11.8. The summed E-state index contributed by atoms with van der Waals surface area (Å²) in [5, 5.41) is 13.5. The van der Waals surface area contributed by atoms with E-state index < -0.39 is 6.10 Å². The molecule has 1 atom stereocenters. The number of nitrogens with one attached hydrogen (secondary N) is 1. The Labute approximate surface area is 139 Å². The number of carbonyl (C=O) groups excluding carboxylic acids is 1. The van der Waals surface area contributed by atoms with Crippen molar-refractivity contribution in [3.05, 3.63) is 70.7 Å². The van der Waals surface area contributed by atoms with E-state index in [1.807, 2.05) is 42.5 Å². The minimum Gasteiger partial charge on any atom is -0.388 e. The van der Waals surface area contributed by atoms with Crippen LogP contribution in [0.3, 0.4) is 0 Å². The number of hydrogen-bond acceptors (Lipinski definition) is 3. The van der Waals surface area contributed by atoms with Crippen LogP contribution in [0, 0.1) is 0 Å². The van der Waals surface area contributed by atoms with Gasteiger partial charge in [-0.3, -0.25) is 4.79 Å². The van der Waals surface area contributed by atoms with Gasteiger partial charge in [0.1, 0.15) is 0 Å². The predicted octanol–water partition coefficient (Wildman–Crippen LogP) is 3.42. The molecule has 1 unspecified atom stereocenters. The number of amides is 1. The fourth-order valence-electron chi connectivity index (χ4n) is 1.89. The first-order valence-electron chi connectivity index (χ1n) is 6.97. The van der Waals surface area contributed by atoms with Gasteiger partial charge in [-0.05, 0) is 23.3 Å². The molecular formula is C17H18ClNO2S. The summed E-state index contributed by atoms with van der Waals surface area (Å²) in [5.41, 5.74) is 1.88. The molecule has 2 N–H and O–H groups in total. The van der Waals surface area contributed by atoms with Gasteiger partial charge in [-0.25, -0.2) is 0 Å². The molecule has 0 heterocycles. The largest absolute Gasteiger partial charge is 0.388 e. The lowest BCUT2D eigenvalue weighted by Crippen LogP contribution is -2.24. The number of benzene rings is 2. The zero-order chi connectivity index (χ0) is 15.8. The molecule has 0 aliphatic carbocycles. The Morgan fingerprint density at radius 3 is 2.50 bits per heavy atom. The SMILES string of the molecule is O=C(CSCC(O)c1ccccc1)NCc1ccc(Cl)cc1. The molecular weight excluding hydrogens is 318 g/mol. The van der Waals surface area contributed by atoms with Crippen LogP contribution in [0.2, 0.25) is 5.02 Å². The van der Waals surface area contributed by atoms with E-state index in [0.29, 0.717) is 23.1 Å². The Bertz CT molecular complexity index is 589. The molecule has 0 saturated heterocycles. The van der Waals surface area contributed by atoms with Crippen LogP contribution in [0.25, 0.3) is 0 Å². The predicted molar refractivity (Wildman–Crippen MR) is 92.0 cm³/mol. The van der Waals surface area contributed by atoms with E-state index in [9.17, 15) is 9.90 Å². The van der Waals surface area contributed by atoms with Crippen molar-refractivity contribution in [2.75, 3.05) is 11.5 Å². The highest BCUT2D eigenvalue weighted by atomic mass is 35.5. The summed E-state index contributed by atoms with van der Waals surface area (Å²) in [6, 6.07) is 16.8. The maximum Gasteiger partial charge on any atom is 0.230 e. The van der Waals surface area contributed by atoms with E-state index in [1.54, 1.807) is 12.1 Å². The van der Waals surface area contributed by atoms with E-state index >= 15 is 0 Å². The first-order valence-corrected chi connectivity index (χ1v) is 8.50. The zero-order valence-corrected chi connectivity index (χ0v) is 13.6. The van der Waals surface area contributed by atoms with Crippen molar-refractivity contribution in [1.82, 2.24) is 5.32 Å². The molecule has 0 spiro atoms. The highest BCUT2D eigenvalue weighted by molar-refractivity contribution is 7.99. The van der Waals surface area contributed by atoms with Gasteiger partial charge in [0.05, 0.1) is 11.9 Å². The monoisotopic (exact) mass is 335 g/mol. The molecule has 22 heavy (non-hydrogen) atoms. The Kier molecular flexibility index (Phi) is 6.77. The van der Waals surface area contributed by atoms with E-state index in [0.717, 1.165) is 11.1 Å². The summed E-state index contributed by atoms with van der Waals surface area (Å²) in [5.74, 6) is 0.788. The third kappa shape index (κ3) is 5.72. The molecule has 0 aliphatic heterocycles. The third-order valence-corrected chi connectivity index (χ3v) is 4.37. The summed E-state index contributed by atoms with van der Waals surface area (Å²) < 4.78 is 0. The fraction of sp³-hybridized carbons (Fsp3) is 0.235. The van der Waals surface area contributed by atoms with Crippen molar-refractivity contribution in [2.24, 2.45) is 0 Å². The molecule has 2 rings (SSSR count). The number of halogens is 1. The van der Waals surface area contributed by atoms with E-state index in [4.69, 9.17) is 11.6 Å². The Hall–Kier alpha value is -1.49. The minimum absolute atomic E-state index is 0.0415. The van der Waals surface area contributed by atoms with Gasteiger partial charge >= 0.3 is 0 Å². The lowest BCUT2D eigenvalue weighted by Gasteiger charge is -2.10. The molecule has 2 aromatic carbocycles. The van der Waals surface area contributed by atoms with Crippen molar-refractivity contribution in [3.63, 3.8) is 0 Å².